The maximum Gasteiger partial charge on any atom is 0.259 e. The number of para-hydroxylation sites is 2. The van der Waals surface area contributed by atoms with Crippen molar-refractivity contribution in [3.8, 4) is 11.5 Å². The summed E-state index contributed by atoms with van der Waals surface area (Å²) in [5, 5.41) is 2.86. The van der Waals surface area contributed by atoms with E-state index in [1.165, 1.54) is 0 Å². The van der Waals surface area contributed by atoms with Crippen molar-refractivity contribution in [3.63, 3.8) is 0 Å². The Balaban J connectivity index is 1.73. The number of amides is 2. The maximum atomic E-state index is 12.8. The van der Waals surface area contributed by atoms with Crippen LogP contribution in [0.5, 0.6) is 11.5 Å². The molecule has 2 amide bonds. The molecule has 0 fully saturated rings. The molecule has 0 bridgehead atoms. The molecule has 0 spiro atoms. The number of hydrogen-bond donors (Lipinski definition) is 1. The van der Waals surface area contributed by atoms with Gasteiger partial charge in [0.2, 0.25) is 0 Å². The molecule has 0 saturated carbocycles. The summed E-state index contributed by atoms with van der Waals surface area (Å²) < 4.78 is 5.86. The quantitative estimate of drug-likeness (QED) is 0.604. The minimum absolute atomic E-state index is 0.0190. The van der Waals surface area contributed by atoms with Crippen LogP contribution in [0.25, 0.3) is 0 Å². The van der Waals surface area contributed by atoms with Crippen LogP contribution in [0.1, 0.15) is 34.6 Å². The predicted octanol–water partition coefficient (Wildman–Crippen LogP) is 5.21. The molecule has 0 atom stereocenters. The molecule has 0 aromatic heterocycles. The SMILES string of the molecule is CCN(CC)C(=O)c1ccc(NC(=O)c2ccccc2Oc2ccccc2)cc1. The molecule has 3 aromatic rings. The van der Waals surface area contributed by atoms with Gasteiger partial charge in [-0.05, 0) is 62.4 Å². The maximum absolute atomic E-state index is 12.8. The van der Waals surface area contributed by atoms with Gasteiger partial charge in [0.15, 0.2) is 0 Å². The molecule has 29 heavy (non-hydrogen) atoms. The summed E-state index contributed by atoms with van der Waals surface area (Å²) in [7, 11) is 0. The van der Waals surface area contributed by atoms with Gasteiger partial charge in [0.25, 0.3) is 11.8 Å². The highest BCUT2D eigenvalue weighted by Crippen LogP contribution is 2.26. The van der Waals surface area contributed by atoms with Crippen LogP contribution in [0.3, 0.4) is 0 Å². The topological polar surface area (TPSA) is 58.6 Å². The molecule has 0 aliphatic carbocycles. The third-order valence-corrected chi connectivity index (χ3v) is 4.54. The van der Waals surface area contributed by atoms with Gasteiger partial charge in [-0.25, -0.2) is 0 Å². The van der Waals surface area contributed by atoms with Crippen molar-refractivity contribution >= 4 is 17.5 Å². The number of ether oxygens (including phenoxy) is 1. The van der Waals surface area contributed by atoms with Crippen molar-refractivity contribution in [2.45, 2.75) is 13.8 Å². The predicted molar refractivity (Wildman–Crippen MR) is 115 cm³/mol. The zero-order chi connectivity index (χ0) is 20.6. The molecule has 0 unspecified atom stereocenters. The number of rotatable bonds is 7. The van der Waals surface area contributed by atoms with E-state index in [4.69, 9.17) is 4.74 Å². The van der Waals surface area contributed by atoms with E-state index < -0.39 is 0 Å². The highest BCUT2D eigenvalue weighted by molar-refractivity contribution is 6.06. The summed E-state index contributed by atoms with van der Waals surface area (Å²) in [5.74, 6) is 0.838. The minimum Gasteiger partial charge on any atom is -0.457 e. The fourth-order valence-electron chi connectivity index (χ4n) is 2.95. The van der Waals surface area contributed by atoms with E-state index in [2.05, 4.69) is 5.32 Å². The van der Waals surface area contributed by atoms with Crippen molar-refractivity contribution < 1.29 is 14.3 Å². The van der Waals surface area contributed by atoms with E-state index in [0.717, 1.165) is 0 Å². The molecule has 3 aromatic carbocycles. The number of carbonyl (C=O) groups excluding carboxylic acids is 2. The van der Waals surface area contributed by atoms with Gasteiger partial charge in [-0.3, -0.25) is 9.59 Å². The normalized spacial score (nSPS) is 10.3. The summed E-state index contributed by atoms with van der Waals surface area (Å²) in [6, 6.07) is 23.3. The standard InChI is InChI=1S/C24H24N2O3/c1-3-26(4-2)24(28)18-14-16-19(17-15-18)25-23(27)21-12-8-9-13-22(21)29-20-10-6-5-7-11-20/h5-17H,3-4H2,1-2H3,(H,25,27). The van der Waals surface area contributed by atoms with E-state index in [9.17, 15) is 9.59 Å². The molecule has 0 aliphatic heterocycles. The summed E-state index contributed by atoms with van der Waals surface area (Å²) in [5.41, 5.74) is 1.64. The van der Waals surface area contributed by atoms with Crippen LogP contribution in [-0.2, 0) is 0 Å². The highest BCUT2D eigenvalue weighted by atomic mass is 16.5. The zero-order valence-electron chi connectivity index (χ0n) is 16.6. The Kier molecular flexibility index (Phi) is 6.63. The van der Waals surface area contributed by atoms with Crippen molar-refractivity contribution in [2.75, 3.05) is 18.4 Å². The zero-order valence-corrected chi connectivity index (χ0v) is 16.6. The first-order valence-corrected chi connectivity index (χ1v) is 9.65. The molecule has 1 N–H and O–H groups in total. The summed E-state index contributed by atoms with van der Waals surface area (Å²) in [6.45, 7) is 5.22. The first-order valence-electron chi connectivity index (χ1n) is 9.65. The van der Waals surface area contributed by atoms with Gasteiger partial charge in [-0.2, -0.15) is 0 Å². The Morgan fingerprint density at radius 2 is 1.45 bits per heavy atom. The highest BCUT2D eigenvalue weighted by Gasteiger charge is 2.15. The van der Waals surface area contributed by atoms with E-state index >= 15 is 0 Å². The van der Waals surface area contributed by atoms with Crippen LogP contribution in [0.15, 0.2) is 78.9 Å². The van der Waals surface area contributed by atoms with E-state index in [1.54, 1.807) is 47.4 Å². The van der Waals surface area contributed by atoms with Gasteiger partial charge in [-0.15, -0.1) is 0 Å². The molecule has 0 heterocycles. The number of nitrogens with one attached hydrogen (secondary N) is 1. The Morgan fingerprint density at radius 1 is 0.828 bits per heavy atom. The van der Waals surface area contributed by atoms with Crippen LogP contribution in [0.2, 0.25) is 0 Å². The van der Waals surface area contributed by atoms with Gasteiger partial charge < -0.3 is 15.0 Å². The third-order valence-electron chi connectivity index (χ3n) is 4.54. The lowest BCUT2D eigenvalue weighted by Gasteiger charge is -2.18. The number of anilines is 1. The fraction of sp³-hybridized carbons (Fsp3) is 0.167. The number of nitrogens with zero attached hydrogens (tertiary/aromatic N) is 1. The molecule has 148 valence electrons. The third kappa shape index (κ3) is 5.02. The number of benzene rings is 3. The second-order valence-electron chi connectivity index (χ2n) is 6.42. The van der Waals surface area contributed by atoms with Crippen LogP contribution < -0.4 is 10.1 Å². The van der Waals surface area contributed by atoms with Crippen LogP contribution in [0.4, 0.5) is 5.69 Å². The van der Waals surface area contributed by atoms with E-state index in [-0.39, 0.29) is 11.8 Å². The lowest BCUT2D eigenvalue weighted by molar-refractivity contribution is 0.0773. The minimum atomic E-state index is -0.278. The van der Waals surface area contributed by atoms with Crippen molar-refractivity contribution in [3.05, 3.63) is 90.0 Å². The molecule has 5 nitrogen and oxygen atoms in total. The Labute approximate surface area is 170 Å². The molecular formula is C24H24N2O3. The average molecular weight is 388 g/mol. The Morgan fingerprint density at radius 3 is 2.10 bits per heavy atom. The first-order chi connectivity index (χ1) is 14.1. The van der Waals surface area contributed by atoms with Crippen molar-refractivity contribution in [1.82, 2.24) is 4.90 Å². The van der Waals surface area contributed by atoms with Crippen LogP contribution >= 0.6 is 0 Å². The van der Waals surface area contributed by atoms with E-state index in [0.29, 0.717) is 41.4 Å². The lowest BCUT2D eigenvalue weighted by atomic mass is 10.1. The van der Waals surface area contributed by atoms with Crippen LogP contribution in [-0.4, -0.2) is 29.8 Å². The monoisotopic (exact) mass is 388 g/mol. The van der Waals surface area contributed by atoms with Gasteiger partial charge >= 0.3 is 0 Å². The molecule has 5 heteroatoms. The Hall–Kier alpha value is -3.60. The van der Waals surface area contributed by atoms with Crippen molar-refractivity contribution in [1.29, 1.82) is 0 Å². The summed E-state index contributed by atoms with van der Waals surface area (Å²) >= 11 is 0. The van der Waals surface area contributed by atoms with Gasteiger partial charge in [0.1, 0.15) is 11.5 Å². The van der Waals surface area contributed by atoms with Gasteiger partial charge in [0, 0.05) is 24.3 Å². The fourth-order valence-corrected chi connectivity index (χ4v) is 2.95. The summed E-state index contributed by atoms with van der Waals surface area (Å²) in [4.78, 5) is 26.9. The molecule has 0 aliphatic rings. The molecule has 3 rings (SSSR count). The van der Waals surface area contributed by atoms with Gasteiger partial charge in [-0.1, -0.05) is 30.3 Å². The lowest BCUT2D eigenvalue weighted by Crippen LogP contribution is -2.30. The molecular weight excluding hydrogens is 364 g/mol. The van der Waals surface area contributed by atoms with Crippen LogP contribution in [0, 0.1) is 0 Å². The second-order valence-corrected chi connectivity index (χ2v) is 6.42. The smallest absolute Gasteiger partial charge is 0.259 e. The average Bonchev–Trinajstić information content (AvgIpc) is 2.76. The van der Waals surface area contributed by atoms with E-state index in [1.807, 2.05) is 50.2 Å². The van der Waals surface area contributed by atoms with Gasteiger partial charge in [0.05, 0.1) is 5.56 Å². The molecule has 0 radical (unpaired) electrons. The number of hydrogen-bond acceptors (Lipinski definition) is 3. The summed E-state index contributed by atoms with van der Waals surface area (Å²) in [6.07, 6.45) is 0. The van der Waals surface area contributed by atoms with Crippen molar-refractivity contribution in [2.24, 2.45) is 0 Å². The Bertz CT molecular complexity index is 965. The largest absolute Gasteiger partial charge is 0.457 e. The number of carbonyl (C=O) groups is 2. The first kappa shape index (κ1) is 20.1. The molecule has 0 saturated heterocycles. The second kappa shape index (κ2) is 9.55.